The van der Waals surface area contributed by atoms with Gasteiger partial charge in [0.25, 0.3) is 5.91 Å². The third kappa shape index (κ3) is 11.1. The van der Waals surface area contributed by atoms with E-state index in [1.54, 1.807) is 56.2 Å². The van der Waals surface area contributed by atoms with Crippen LogP contribution in [0.25, 0.3) is 10.1 Å². The normalized spacial score (nSPS) is 25.7. The number of nitrogens with zero attached hydrogens (tertiary/aromatic N) is 3. The first-order valence-corrected chi connectivity index (χ1v) is 24.5. The molecule has 1 aliphatic carbocycles. The summed E-state index contributed by atoms with van der Waals surface area (Å²) in [7, 11) is -5.59. The van der Waals surface area contributed by atoms with Crippen LogP contribution in [0.15, 0.2) is 24.3 Å². The van der Waals surface area contributed by atoms with Gasteiger partial charge in [-0.1, -0.05) is 13.0 Å². The molecule has 0 bridgehead atoms. The maximum atomic E-state index is 16.4. The number of benzene rings is 1. The molecule has 1 aromatic heterocycles. The van der Waals surface area contributed by atoms with E-state index >= 15 is 8.78 Å². The second-order valence-electron chi connectivity index (χ2n) is 19.8. The quantitative estimate of drug-likeness (QED) is 0.0968. The molecule has 4 aliphatic heterocycles. The molecule has 5 aliphatic rings. The molecule has 364 valence electrons. The molecule has 18 nitrogen and oxygen atoms in total. The van der Waals surface area contributed by atoms with E-state index < -0.39 is 80.3 Å². The summed E-state index contributed by atoms with van der Waals surface area (Å²) in [6.07, 6.45) is 0.682. The molecule has 4 saturated heterocycles. The van der Waals surface area contributed by atoms with Crippen molar-refractivity contribution in [2.75, 3.05) is 59.4 Å². The Bertz CT molecular complexity index is 2250. The number of fused-ring (bicyclic) bond motifs is 3. The highest BCUT2D eigenvalue weighted by Gasteiger charge is 2.59. The van der Waals surface area contributed by atoms with Crippen LogP contribution in [-0.2, 0) is 57.3 Å². The third-order valence-corrected chi connectivity index (χ3v) is 15.5. The predicted octanol–water partition coefficient (Wildman–Crippen LogP) is 6.63. The van der Waals surface area contributed by atoms with E-state index in [1.165, 1.54) is 12.1 Å². The van der Waals surface area contributed by atoms with E-state index in [4.69, 9.17) is 32.7 Å². The minimum atomic E-state index is -5.59. The molecule has 6 atom stereocenters. The molecule has 1 N–H and O–H groups in total. The molecule has 1 saturated carbocycles. The molecule has 0 spiro atoms. The summed E-state index contributed by atoms with van der Waals surface area (Å²) < 4.78 is 82.3. The Hall–Kier alpha value is -4.43. The topological polar surface area (TPSA) is 206 Å². The fourth-order valence-corrected chi connectivity index (χ4v) is 11.3. The van der Waals surface area contributed by atoms with Gasteiger partial charge in [-0.15, -0.1) is 11.3 Å². The van der Waals surface area contributed by atoms with Crippen molar-refractivity contribution in [2.24, 2.45) is 17.3 Å². The number of morpholine rings is 1. The molecule has 2 aromatic rings. The van der Waals surface area contributed by atoms with E-state index in [0.717, 1.165) is 36.3 Å². The molecule has 22 heteroatoms. The van der Waals surface area contributed by atoms with Gasteiger partial charge in [0, 0.05) is 42.5 Å². The van der Waals surface area contributed by atoms with Gasteiger partial charge in [0.15, 0.2) is 0 Å². The Kier molecular flexibility index (Phi) is 14.2. The van der Waals surface area contributed by atoms with Gasteiger partial charge in [-0.2, -0.15) is 8.78 Å². The molecule has 0 radical (unpaired) electrons. The number of ether oxygens (including phenoxy) is 5. The maximum absolute atomic E-state index is 16.4. The van der Waals surface area contributed by atoms with Gasteiger partial charge in [-0.3, -0.25) is 28.3 Å². The number of hydrogen-bond donors (Lipinski definition) is 1. The number of likely N-dealkylation sites (tertiary alicyclic amines) is 1. The zero-order chi connectivity index (χ0) is 48.0. The number of thiophene rings is 1. The number of alkyl halides is 2. The van der Waals surface area contributed by atoms with Crippen molar-refractivity contribution in [3.8, 4) is 0 Å². The highest BCUT2D eigenvalue weighted by molar-refractivity contribution is 7.54. The van der Waals surface area contributed by atoms with Crippen molar-refractivity contribution < 1.29 is 74.8 Å². The summed E-state index contributed by atoms with van der Waals surface area (Å²) in [5, 5.41) is 3.08. The minimum Gasteiger partial charge on any atom is -0.432 e. The van der Waals surface area contributed by atoms with Crippen LogP contribution in [0.3, 0.4) is 0 Å². The van der Waals surface area contributed by atoms with Crippen LogP contribution in [0.5, 0.6) is 0 Å². The molecule has 4 amide bonds. The van der Waals surface area contributed by atoms with Crippen LogP contribution in [-0.4, -0.2) is 139 Å². The maximum Gasteiger partial charge on any atom is 0.510 e. The third-order valence-electron chi connectivity index (χ3n) is 12.4. The predicted molar refractivity (Wildman–Crippen MR) is 233 cm³/mol. The number of carbonyl (C=O) groups excluding carboxylic acids is 6. The Morgan fingerprint density at radius 2 is 1.55 bits per heavy atom. The monoisotopic (exact) mass is 968 g/mol. The number of rotatable bonds is 13. The molecular formula is C44H59F2N4O14PS. The smallest absolute Gasteiger partial charge is 0.432 e. The van der Waals surface area contributed by atoms with Crippen molar-refractivity contribution >= 4 is 65.0 Å². The molecule has 1 aromatic carbocycles. The number of hydrogen-bond acceptors (Lipinski definition) is 15. The Labute approximate surface area is 385 Å². The zero-order valence-electron chi connectivity index (χ0n) is 38.3. The lowest BCUT2D eigenvalue weighted by Gasteiger charge is -2.44. The second kappa shape index (κ2) is 18.9. The second-order valence-corrected chi connectivity index (χ2v) is 23.0. The molecule has 2 unspecified atom stereocenters. The van der Waals surface area contributed by atoms with Gasteiger partial charge in [-0.25, -0.2) is 9.59 Å². The van der Waals surface area contributed by atoms with Crippen LogP contribution in [0.4, 0.5) is 18.4 Å². The highest BCUT2D eigenvalue weighted by Crippen LogP contribution is 2.67. The Morgan fingerprint density at radius 3 is 2.21 bits per heavy atom. The van der Waals surface area contributed by atoms with Gasteiger partial charge in [0.2, 0.25) is 24.5 Å². The average molecular weight is 969 g/mol. The van der Waals surface area contributed by atoms with Crippen LogP contribution in [0, 0.1) is 17.3 Å². The standard InChI is InChI=1S/C44H59F2N4O14PS/c1-41(2,3)63-39(55)59-16-17-61-65(57,62-25-60-40(56)64-42(4,5)6)44(45,46)28-8-11-33-26(18-28)19-34(66-33)35(51)47-31-20-29-21-43(29,7)22-30-9-10-32(50(30)37(31)53)38(54)49-23-27(24-49)36(52)48-12-14-58-15-13-48/h8,11,18-19,27,29-32H,9-10,12-17,20-25H2,1-7H3,(H,47,51)/t29-,30-,31?,32+,43-,65?/m1/s1. The van der Waals surface area contributed by atoms with Crippen molar-refractivity contribution in [3.63, 3.8) is 0 Å². The first-order valence-electron chi connectivity index (χ1n) is 22.2. The lowest BCUT2D eigenvalue weighted by molar-refractivity contribution is -0.157. The van der Waals surface area contributed by atoms with Crippen molar-refractivity contribution in [3.05, 3.63) is 34.7 Å². The number of carbonyl (C=O) groups is 6. The summed E-state index contributed by atoms with van der Waals surface area (Å²) in [5.41, 5.74) is -7.18. The Morgan fingerprint density at radius 1 is 0.879 bits per heavy atom. The summed E-state index contributed by atoms with van der Waals surface area (Å²) in [5.74, 6) is -1.30. The van der Waals surface area contributed by atoms with Crippen LogP contribution in [0.2, 0.25) is 0 Å². The summed E-state index contributed by atoms with van der Waals surface area (Å²) >= 11 is 0.995. The zero-order valence-corrected chi connectivity index (χ0v) is 40.0. The van der Waals surface area contributed by atoms with Crippen LogP contribution in [0.1, 0.15) is 95.8 Å². The van der Waals surface area contributed by atoms with E-state index in [2.05, 4.69) is 12.2 Å². The average Bonchev–Trinajstić information content (AvgIpc) is 3.49. The SMILES string of the molecule is CC(C)(C)OC(=O)OCCOP(=O)(OCOC(=O)OC(C)(C)C)C(F)(F)c1ccc2sc(C(=O)NC3C[C@@H]4C[C@]4(C)C[C@H]4CC[C@@H](C(=O)N5CC(C(=O)N6CCOCC6)C5)N4C3=O)cc2c1. The fourth-order valence-electron chi connectivity index (χ4n) is 8.99. The van der Waals surface area contributed by atoms with Crippen molar-refractivity contribution in [1.82, 2.24) is 20.0 Å². The number of nitrogens with one attached hydrogen (secondary N) is 1. The molecule has 7 rings (SSSR count). The van der Waals surface area contributed by atoms with Gasteiger partial charge in [0.05, 0.1) is 30.6 Å². The van der Waals surface area contributed by atoms with E-state index in [1.807, 2.05) is 0 Å². The Balaban J connectivity index is 1.04. The van der Waals surface area contributed by atoms with Gasteiger partial charge in [-0.05, 0) is 109 Å². The molecule has 5 heterocycles. The lowest BCUT2D eigenvalue weighted by atomic mass is 9.90. The first kappa shape index (κ1) is 49.5. The highest BCUT2D eigenvalue weighted by atomic mass is 32.1. The fraction of sp³-hybridized carbons (Fsp3) is 0.682. The molecule has 5 fully saturated rings. The summed E-state index contributed by atoms with van der Waals surface area (Å²) in [6, 6.07) is 2.81. The molecular weight excluding hydrogens is 910 g/mol. The largest absolute Gasteiger partial charge is 0.510 e. The summed E-state index contributed by atoms with van der Waals surface area (Å²) in [4.78, 5) is 84.8. The summed E-state index contributed by atoms with van der Waals surface area (Å²) in [6.45, 7) is 11.4. The van der Waals surface area contributed by atoms with Crippen molar-refractivity contribution in [2.45, 2.75) is 116 Å². The van der Waals surface area contributed by atoms with Crippen LogP contribution < -0.4 is 5.32 Å². The first-order chi connectivity index (χ1) is 30.9. The van der Waals surface area contributed by atoms with Gasteiger partial charge in [0.1, 0.15) is 29.9 Å². The van der Waals surface area contributed by atoms with Crippen LogP contribution >= 0.6 is 18.9 Å². The minimum absolute atomic E-state index is 0.000204. The number of halogens is 2. The van der Waals surface area contributed by atoms with Crippen molar-refractivity contribution in [1.29, 1.82) is 0 Å². The van der Waals surface area contributed by atoms with E-state index in [-0.39, 0.29) is 64.4 Å². The van der Waals surface area contributed by atoms with Gasteiger partial charge >= 0.3 is 25.6 Å². The van der Waals surface area contributed by atoms with Gasteiger partial charge < -0.3 is 48.2 Å². The number of amides is 4. The molecule has 66 heavy (non-hydrogen) atoms. The van der Waals surface area contributed by atoms with E-state index in [9.17, 15) is 33.3 Å². The lowest BCUT2D eigenvalue weighted by Crippen LogP contribution is -2.62. The van der Waals surface area contributed by atoms with E-state index in [0.29, 0.717) is 50.3 Å².